The molecule has 0 radical (unpaired) electrons. The summed E-state index contributed by atoms with van der Waals surface area (Å²) in [4.78, 5) is 10.8. The molecule has 0 fully saturated rings. The maximum atomic E-state index is 11.2. The molecule has 0 aliphatic carbocycles. The zero-order chi connectivity index (χ0) is 14.7. The highest BCUT2D eigenvalue weighted by molar-refractivity contribution is 5.49. The van der Waals surface area contributed by atoms with E-state index >= 15 is 0 Å². The molecule has 0 unspecified atom stereocenters. The van der Waals surface area contributed by atoms with E-state index in [4.69, 9.17) is 10.5 Å². The standard InChI is InChI=1S/C13H16N4O3/c1-3-4-11-12(17(18)19)13(16(2)15-11)20-10-7-5-9(14)6-8-10/h5-8H,3-4,14H2,1-2H3. The SMILES string of the molecule is CCCc1nn(C)c(Oc2ccc(N)cc2)c1[N+](=O)[O-]. The fourth-order valence-corrected chi connectivity index (χ4v) is 1.90. The number of nitrogens with zero attached hydrogens (tertiary/aromatic N) is 3. The van der Waals surface area contributed by atoms with Crippen LogP contribution >= 0.6 is 0 Å². The first-order valence-corrected chi connectivity index (χ1v) is 6.26. The molecule has 2 aromatic rings. The molecule has 1 heterocycles. The van der Waals surface area contributed by atoms with Crippen molar-refractivity contribution in [2.45, 2.75) is 19.8 Å². The third-order valence-corrected chi connectivity index (χ3v) is 2.80. The smallest absolute Gasteiger partial charge is 0.353 e. The van der Waals surface area contributed by atoms with Crippen molar-refractivity contribution in [2.75, 3.05) is 5.73 Å². The molecular weight excluding hydrogens is 260 g/mol. The number of anilines is 1. The molecule has 0 spiro atoms. The van der Waals surface area contributed by atoms with Gasteiger partial charge in [0.2, 0.25) is 0 Å². The second-order valence-corrected chi connectivity index (χ2v) is 4.40. The Morgan fingerprint density at radius 1 is 1.40 bits per heavy atom. The lowest BCUT2D eigenvalue weighted by molar-refractivity contribution is -0.386. The first kappa shape index (κ1) is 13.9. The molecule has 0 aliphatic rings. The molecule has 0 saturated carbocycles. The molecule has 1 aromatic carbocycles. The van der Waals surface area contributed by atoms with Gasteiger partial charge in [-0.25, -0.2) is 4.68 Å². The van der Waals surface area contributed by atoms with Crippen LogP contribution in [0.25, 0.3) is 0 Å². The van der Waals surface area contributed by atoms with Crippen molar-refractivity contribution in [1.82, 2.24) is 9.78 Å². The minimum Gasteiger partial charge on any atom is -0.434 e. The van der Waals surface area contributed by atoms with E-state index in [1.54, 1.807) is 31.3 Å². The van der Waals surface area contributed by atoms with Crippen LogP contribution in [0, 0.1) is 10.1 Å². The highest BCUT2D eigenvalue weighted by Gasteiger charge is 2.28. The summed E-state index contributed by atoms with van der Waals surface area (Å²) < 4.78 is 6.98. The average molecular weight is 276 g/mol. The highest BCUT2D eigenvalue weighted by atomic mass is 16.6. The monoisotopic (exact) mass is 276 g/mol. The molecule has 106 valence electrons. The summed E-state index contributed by atoms with van der Waals surface area (Å²) >= 11 is 0. The summed E-state index contributed by atoms with van der Waals surface area (Å²) in [6, 6.07) is 6.66. The first-order chi connectivity index (χ1) is 9.52. The number of benzene rings is 1. The van der Waals surface area contributed by atoms with Crippen molar-refractivity contribution in [2.24, 2.45) is 7.05 Å². The zero-order valence-corrected chi connectivity index (χ0v) is 11.4. The molecule has 20 heavy (non-hydrogen) atoms. The van der Waals surface area contributed by atoms with Gasteiger partial charge in [-0.05, 0) is 30.7 Å². The van der Waals surface area contributed by atoms with Crippen molar-refractivity contribution >= 4 is 11.4 Å². The zero-order valence-electron chi connectivity index (χ0n) is 11.4. The fraction of sp³-hybridized carbons (Fsp3) is 0.308. The number of nitrogens with two attached hydrogens (primary N) is 1. The van der Waals surface area contributed by atoms with Crippen LogP contribution in [0.4, 0.5) is 11.4 Å². The van der Waals surface area contributed by atoms with Gasteiger partial charge in [-0.15, -0.1) is 0 Å². The number of nitrogen functional groups attached to an aromatic ring is 1. The van der Waals surface area contributed by atoms with Crippen LogP contribution in [-0.4, -0.2) is 14.7 Å². The third-order valence-electron chi connectivity index (χ3n) is 2.80. The molecule has 0 atom stereocenters. The molecule has 0 saturated heterocycles. The topological polar surface area (TPSA) is 96.2 Å². The third kappa shape index (κ3) is 2.71. The van der Waals surface area contributed by atoms with Gasteiger partial charge < -0.3 is 10.5 Å². The Kier molecular flexibility index (Phi) is 3.88. The molecule has 0 aliphatic heterocycles. The second kappa shape index (κ2) is 5.60. The van der Waals surface area contributed by atoms with E-state index < -0.39 is 4.92 Å². The van der Waals surface area contributed by atoms with Crippen molar-refractivity contribution in [3.63, 3.8) is 0 Å². The Balaban J connectivity index is 2.39. The van der Waals surface area contributed by atoms with Crippen LogP contribution in [-0.2, 0) is 13.5 Å². The van der Waals surface area contributed by atoms with Gasteiger partial charge in [0.1, 0.15) is 11.4 Å². The average Bonchev–Trinajstić information content (AvgIpc) is 2.69. The van der Waals surface area contributed by atoms with Crippen molar-refractivity contribution in [1.29, 1.82) is 0 Å². The van der Waals surface area contributed by atoms with Gasteiger partial charge in [0.25, 0.3) is 5.88 Å². The molecule has 1 aromatic heterocycles. The number of aromatic nitrogens is 2. The predicted molar refractivity (Wildman–Crippen MR) is 74.8 cm³/mol. The minimum absolute atomic E-state index is 0.0776. The van der Waals surface area contributed by atoms with Crippen molar-refractivity contribution < 1.29 is 9.66 Å². The van der Waals surface area contributed by atoms with Gasteiger partial charge in [0, 0.05) is 12.7 Å². The van der Waals surface area contributed by atoms with E-state index in [0.717, 1.165) is 6.42 Å². The summed E-state index contributed by atoms with van der Waals surface area (Å²) in [5.41, 5.74) is 6.55. The van der Waals surface area contributed by atoms with Gasteiger partial charge in [-0.3, -0.25) is 10.1 Å². The van der Waals surface area contributed by atoms with Crippen LogP contribution in [0.1, 0.15) is 19.0 Å². The Hall–Kier alpha value is -2.57. The van der Waals surface area contributed by atoms with Crippen molar-refractivity contribution in [3.8, 4) is 11.6 Å². The fourth-order valence-electron chi connectivity index (χ4n) is 1.90. The first-order valence-electron chi connectivity index (χ1n) is 6.26. The van der Waals surface area contributed by atoms with E-state index in [9.17, 15) is 10.1 Å². The summed E-state index contributed by atoms with van der Waals surface area (Å²) in [5, 5.41) is 15.4. The number of rotatable bonds is 5. The highest BCUT2D eigenvalue weighted by Crippen LogP contribution is 2.34. The minimum atomic E-state index is -0.454. The van der Waals surface area contributed by atoms with E-state index in [-0.39, 0.29) is 11.6 Å². The van der Waals surface area contributed by atoms with Crippen LogP contribution in [0.2, 0.25) is 0 Å². The van der Waals surface area contributed by atoms with Crippen LogP contribution < -0.4 is 10.5 Å². The predicted octanol–water partition coefficient (Wildman–Crippen LogP) is 2.66. The van der Waals surface area contributed by atoms with Crippen LogP contribution in [0.5, 0.6) is 11.6 Å². The molecule has 7 nitrogen and oxygen atoms in total. The van der Waals surface area contributed by atoms with E-state index in [2.05, 4.69) is 5.10 Å². The molecule has 0 bridgehead atoms. The van der Waals surface area contributed by atoms with Gasteiger partial charge in [0.15, 0.2) is 0 Å². The maximum Gasteiger partial charge on any atom is 0.353 e. The number of hydrogen-bond acceptors (Lipinski definition) is 5. The number of nitro groups is 1. The lowest BCUT2D eigenvalue weighted by Gasteiger charge is -2.05. The second-order valence-electron chi connectivity index (χ2n) is 4.40. The van der Waals surface area contributed by atoms with Gasteiger partial charge >= 0.3 is 5.69 Å². The number of ether oxygens (including phenoxy) is 1. The summed E-state index contributed by atoms with van der Waals surface area (Å²) in [6.07, 6.45) is 1.31. The largest absolute Gasteiger partial charge is 0.434 e. The van der Waals surface area contributed by atoms with Crippen LogP contribution in [0.3, 0.4) is 0 Å². The van der Waals surface area contributed by atoms with E-state index in [1.165, 1.54) is 4.68 Å². The Morgan fingerprint density at radius 2 is 2.05 bits per heavy atom. The number of aryl methyl sites for hydroxylation is 2. The molecule has 2 rings (SSSR count). The van der Waals surface area contributed by atoms with Gasteiger partial charge in [-0.2, -0.15) is 5.10 Å². The molecule has 0 amide bonds. The Labute approximate surface area is 116 Å². The summed E-state index contributed by atoms with van der Waals surface area (Å²) in [5.74, 6) is 0.608. The summed E-state index contributed by atoms with van der Waals surface area (Å²) in [6.45, 7) is 1.94. The molecule has 2 N–H and O–H groups in total. The number of hydrogen-bond donors (Lipinski definition) is 1. The quantitative estimate of drug-likeness (QED) is 0.514. The van der Waals surface area contributed by atoms with E-state index in [1.807, 2.05) is 6.92 Å². The normalized spacial score (nSPS) is 10.5. The van der Waals surface area contributed by atoms with Crippen molar-refractivity contribution in [3.05, 3.63) is 40.1 Å². The van der Waals surface area contributed by atoms with Gasteiger partial charge in [0.05, 0.1) is 4.92 Å². The Morgan fingerprint density at radius 3 is 2.60 bits per heavy atom. The lowest BCUT2D eigenvalue weighted by Crippen LogP contribution is -1.97. The molecule has 7 heteroatoms. The lowest BCUT2D eigenvalue weighted by atomic mass is 10.2. The maximum absolute atomic E-state index is 11.2. The molecular formula is C13H16N4O3. The van der Waals surface area contributed by atoms with Crippen LogP contribution in [0.15, 0.2) is 24.3 Å². The van der Waals surface area contributed by atoms with Gasteiger partial charge in [-0.1, -0.05) is 13.3 Å². The Bertz CT molecular complexity index is 619. The summed E-state index contributed by atoms with van der Waals surface area (Å²) in [7, 11) is 1.62. The van der Waals surface area contributed by atoms with E-state index in [0.29, 0.717) is 23.6 Å².